The van der Waals surface area contributed by atoms with Crippen LogP contribution >= 0.6 is 34.7 Å². The number of thioether (sulfide) groups is 1. The highest BCUT2D eigenvalue weighted by atomic mass is 35.5. The summed E-state index contributed by atoms with van der Waals surface area (Å²) < 4.78 is 0.749. The van der Waals surface area contributed by atoms with Gasteiger partial charge in [-0.3, -0.25) is 9.59 Å². The molecule has 1 atom stereocenters. The van der Waals surface area contributed by atoms with E-state index in [0.717, 1.165) is 16.2 Å². The Morgan fingerprint density at radius 2 is 2.12 bits per heavy atom. The third-order valence-electron chi connectivity index (χ3n) is 4.53. The molecule has 1 aromatic carbocycles. The molecule has 2 amide bonds. The van der Waals surface area contributed by atoms with Gasteiger partial charge in [-0.25, -0.2) is 0 Å². The van der Waals surface area contributed by atoms with Gasteiger partial charge in [-0.15, -0.1) is 23.1 Å². The van der Waals surface area contributed by atoms with Gasteiger partial charge in [-0.2, -0.15) is 5.26 Å². The number of carbonyl (C=O) groups excluding carboxylic acids is 2. The maximum Gasteiger partial charge on any atom is 0.266 e. The Kier molecular flexibility index (Phi) is 4.65. The van der Waals surface area contributed by atoms with Crippen LogP contribution in [-0.2, 0) is 10.5 Å². The summed E-state index contributed by atoms with van der Waals surface area (Å²) >= 11 is 8.68. The normalized spacial score (nSPS) is 18.8. The third kappa shape index (κ3) is 2.98. The predicted molar refractivity (Wildman–Crippen MR) is 103 cm³/mol. The van der Waals surface area contributed by atoms with Crippen molar-refractivity contribution in [2.75, 3.05) is 11.9 Å². The minimum Gasteiger partial charge on any atom is -0.326 e. The Labute approximate surface area is 163 Å². The minimum absolute atomic E-state index is 0.152. The summed E-state index contributed by atoms with van der Waals surface area (Å²) in [5.74, 6) is 0.304. The summed E-state index contributed by atoms with van der Waals surface area (Å²) in [6.45, 7) is 0.587. The number of fused-ring (bicyclic) bond motifs is 2. The monoisotopic (exact) mass is 403 g/mol. The maximum absolute atomic E-state index is 12.9. The van der Waals surface area contributed by atoms with Gasteiger partial charge in [-0.1, -0.05) is 23.7 Å². The number of halogens is 1. The number of nitrogens with one attached hydrogen (secondary N) is 1. The number of anilines is 1. The van der Waals surface area contributed by atoms with Gasteiger partial charge in [0, 0.05) is 17.3 Å². The molecule has 4 rings (SSSR count). The first-order chi connectivity index (χ1) is 12.6. The molecular formula is C18H14ClN3O2S2. The molecule has 132 valence electrons. The van der Waals surface area contributed by atoms with E-state index in [1.54, 1.807) is 4.90 Å². The van der Waals surface area contributed by atoms with Crippen molar-refractivity contribution in [2.24, 2.45) is 0 Å². The summed E-state index contributed by atoms with van der Waals surface area (Å²) in [6, 6.07) is 9.26. The summed E-state index contributed by atoms with van der Waals surface area (Å²) in [6.07, 6.45) is 1.50. The molecule has 0 bridgehead atoms. The summed E-state index contributed by atoms with van der Waals surface area (Å²) in [5.41, 5.74) is 1.83. The van der Waals surface area contributed by atoms with Crippen LogP contribution < -0.4 is 5.32 Å². The van der Waals surface area contributed by atoms with Crippen molar-refractivity contribution in [3.8, 4) is 6.07 Å². The van der Waals surface area contributed by atoms with Crippen molar-refractivity contribution >= 4 is 52.2 Å². The van der Waals surface area contributed by atoms with Gasteiger partial charge in [0.2, 0.25) is 5.91 Å². The molecule has 1 fully saturated rings. The van der Waals surface area contributed by atoms with Crippen LogP contribution in [0, 0.1) is 11.3 Å². The molecule has 8 heteroatoms. The number of carbonyl (C=O) groups is 2. The Bertz CT molecular complexity index is 933. The minimum atomic E-state index is -0.418. The van der Waals surface area contributed by atoms with Crippen LogP contribution in [0.3, 0.4) is 0 Å². The average molecular weight is 404 g/mol. The van der Waals surface area contributed by atoms with Gasteiger partial charge < -0.3 is 10.2 Å². The van der Waals surface area contributed by atoms with Gasteiger partial charge in [0.15, 0.2) is 0 Å². The molecule has 0 aliphatic carbocycles. The molecule has 2 aliphatic rings. The number of amides is 2. The Morgan fingerprint density at radius 3 is 2.85 bits per heavy atom. The predicted octanol–water partition coefficient (Wildman–Crippen LogP) is 4.12. The Hall–Kier alpha value is -2.01. The molecule has 1 N–H and O–H groups in total. The van der Waals surface area contributed by atoms with Gasteiger partial charge in [0.25, 0.3) is 5.91 Å². The zero-order valence-corrected chi connectivity index (χ0v) is 16.0. The second-order valence-corrected chi connectivity index (χ2v) is 8.84. The SMILES string of the molecule is N#Cc1c(SCc2ccc(Cl)cc2)sc2c1NC(=O)[C@@H]1CCCN1C2=O. The largest absolute Gasteiger partial charge is 0.326 e. The fourth-order valence-electron chi connectivity index (χ4n) is 3.23. The highest BCUT2D eigenvalue weighted by Gasteiger charge is 2.40. The lowest BCUT2D eigenvalue weighted by atomic mass is 10.2. The number of nitrogens with zero attached hydrogens (tertiary/aromatic N) is 2. The summed E-state index contributed by atoms with van der Waals surface area (Å²) in [5, 5.41) is 13.1. The zero-order valence-electron chi connectivity index (χ0n) is 13.6. The third-order valence-corrected chi connectivity index (χ3v) is 7.30. The molecule has 2 aliphatic heterocycles. The van der Waals surface area contributed by atoms with E-state index in [0.29, 0.717) is 39.9 Å². The van der Waals surface area contributed by atoms with Crippen LogP contribution in [0.15, 0.2) is 28.5 Å². The van der Waals surface area contributed by atoms with Crippen LogP contribution in [0.5, 0.6) is 0 Å². The highest BCUT2D eigenvalue weighted by Crippen LogP contribution is 2.43. The molecule has 5 nitrogen and oxygen atoms in total. The van der Waals surface area contributed by atoms with Gasteiger partial charge >= 0.3 is 0 Å². The summed E-state index contributed by atoms with van der Waals surface area (Å²) in [4.78, 5) is 27.4. The highest BCUT2D eigenvalue weighted by molar-refractivity contribution is 8.00. The first-order valence-electron chi connectivity index (χ1n) is 8.14. The standard InChI is InChI=1S/C18H14ClN3O2S2/c19-11-5-3-10(4-6-11)9-25-18-12(8-20)14-15(26-18)17(24)22-7-1-2-13(22)16(23)21-14/h3-6,13H,1-2,7,9H2,(H,21,23)/t13-/m0/s1. The van der Waals surface area contributed by atoms with E-state index in [2.05, 4.69) is 11.4 Å². The number of hydrogen-bond acceptors (Lipinski definition) is 5. The summed E-state index contributed by atoms with van der Waals surface area (Å²) in [7, 11) is 0. The number of thiophene rings is 1. The molecule has 1 saturated heterocycles. The molecule has 1 aromatic heterocycles. The van der Waals surface area contributed by atoms with E-state index in [4.69, 9.17) is 11.6 Å². The molecule has 3 heterocycles. The van der Waals surface area contributed by atoms with Crippen molar-refractivity contribution in [1.29, 1.82) is 5.26 Å². The lowest BCUT2D eigenvalue weighted by Gasteiger charge is -2.19. The van der Waals surface area contributed by atoms with Crippen LogP contribution in [0.1, 0.15) is 33.6 Å². The van der Waals surface area contributed by atoms with Crippen LogP contribution in [0.25, 0.3) is 0 Å². The van der Waals surface area contributed by atoms with E-state index >= 15 is 0 Å². The topological polar surface area (TPSA) is 73.2 Å². The molecule has 26 heavy (non-hydrogen) atoms. The second-order valence-electron chi connectivity index (χ2n) is 6.14. The second kappa shape index (κ2) is 6.95. The molecular weight excluding hydrogens is 390 g/mol. The molecule has 2 aromatic rings. The van der Waals surface area contributed by atoms with E-state index < -0.39 is 6.04 Å². The number of hydrogen-bond donors (Lipinski definition) is 1. The van der Waals surface area contributed by atoms with Crippen molar-refractivity contribution in [3.63, 3.8) is 0 Å². The Balaban J connectivity index is 1.65. The van der Waals surface area contributed by atoms with Crippen molar-refractivity contribution in [1.82, 2.24) is 4.90 Å². The fraction of sp³-hybridized carbons (Fsp3) is 0.278. The van der Waals surface area contributed by atoms with Crippen molar-refractivity contribution in [3.05, 3.63) is 45.3 Å². The lowest BCUT2D eigenvalue weighted by Crippen LogP contribution is -2.40. The Morgan fingerprint density at radius 1 is 1.35 bits per heavy atom. The first-order valence-corrected chi connectivity index (χ1v) is 10.3. The van der Waals surface area contributed by atoms with Crippen LogP contribution in [0.2, 0.25) is 5.02 Å². The van der Waals surface area contributed by atoms with E-state index in [-0.39, 0.29) is 11.8 Å². The zero-order chi connectivity index (χ0) is 18.3. The van der Waals surface area contributed by atoms with Crippen LogP contribution in [0.4, 0.5) is 5.69 Å². The number of benzene rings is 1. The smallest absolute Gasteiger partial charge is 0.266 e. The maximum atomic E-state index is 12.9. The van der Waals surface area contributed by atoms with E-state index in [1.807, 2.05) is 24.3 Å². The molecule has 0 unspecified atom stereocenters. The van der Waals surface area contributed by atoms with Gasteiger partial charge in [0.1, 0.15) is 22.6 Å². The van der Waals surface area contributed by atoms with Crippen molar-refractivity contribution in [2.45, 2.75) is 28.8 Å². The molecule has 0 spiro atoms. The average Bonchev–Trinajstić information content (AvgIpc) is 3.23. The molecule has 0 radical (unpaired) electrons. The number of rotatable bonds is 3. The van der Waals surface area contributed by atoms with Gasteiger partial charge in [0.05, 0.1) is 9.90 Å². The first kappa shape index (κ1) is 17.4. The van der Waals surface area contributed by atoms with E-state index in [1.165, 1.54) is 23.1 Å². The molecule has 0 saturated carbocycles. The fourth-order valence-corrected chi connectivity index (χ4v) is 5.70. The van der Waals surface area contributed by atoms with E-state index in [9.17, 15) is 14.9 Å². The van der Waals surface area contributed by atoms with Crippen LogP contribution in [-0.4, -0.2) is 29.3 Å². The van der Waals surface area contributed by atoms with Crippen molar-refractivity contribution < 1.29 is 9.59 Å². The number of nitriles is 1. The lowest BCUT2D eigenvalue weighted by molar-refractivity contribution is -0.119. The van der Waals surface area contributed by atoms with Gasteiger partial charge in [-0.05, 0) is 30.5 Å². The quantitative estimate of drug-likeness (QED) is 0.782.